The first kappa shape index (κ1) is 16.1. The fourth-order valence-electron chi connectivity index (χ4n) is 1.44. The molecule has 1 rings (SSSR count). The van der Waals surface area contributed by atoms with E-state index in [9.17, 15) is 0 Å². The second-order valence-electron chi connectivity index (χ2n) is 3.63. The minimum atomic E-state index is 0. The zero-order chi connectivity index (χ0) is 11.8. The van der Waals surface area contributed by atoms with Gasteiger partial charge in [-0.2, -0.15) is 0 Å². The number of rotatable bonds is 7. The molecule has 0 spiro atoms. The Bertz CT molecular complexity index is 292. The Kier molecular flexibility index (Phi) is 8.64. The Morgan fingerprint density at radius 1 is 1.00 bits per heavy atom. The van der Waals surface area contributed by atoms with Gasteiger partial charge in [-0.15, -0.1) is 12.4 Å². The fourth-order valence-corrected chi connectivity index (χ4v) is 1.44. The topological polar surface area (TPSA) is 44.5 Å². The maximum absolute atomic E-state index is 5.73. The van der Waals surface area contributed by atoms with Crippen molar-refractivity contribution in [1.82, 2.24) is 0 Å². The van der Waals surface area contributed by atoms with Gasteiger partial charge < -0.3 is 15.2 Å². The second kappa shape index (κ2) is 9.14. The van der Waals surface area contributed by atoms with E-state index in [2.05, 4.69) is 13.8 Å². The molecule has 4 heteroatoms. The maximum Gasteiger partial charge on any atom is 0.127 e. The van der Waals surface area contributed by atoms with Gasteiger partial charge in [-0.05, 0) is 25.0 Å². The van der Waals surface area contributed by atoms with Crippen LogP contribution in [0.2, 0.25) is 0 Å². The molecule has 0 aromatic heterocycles. The Labute approximate surface area is 110 Å². The monoisotopic (exact) mass is 259 g/mol. The Morgan fingerprint density at radius 2 is 1.47 bits per heavy atom. The molecular formula is C13H22ClNO2. The van der Waals surface area contributed by atoms with Crippen LogP contribution in [0, 0.1) is 0 Å². The molecule has 0 heterocycles. The predicted octanol–water partition coefficient (Wildman–Crippen LogP) is 3.14. The number of nitrogens with two attached hydrogens (primary N) is 1. The second-order valence-corrected chi connectivity index (χ2v) is 3.63. The van der Waals surface area contributed by atoms with E-state index in [4.69, 9.17) is 15.2 Å². The van der Waals surface area contributed by atoms with Crippen LogP contribution in [0.1, 0.15) is 32.3 Å². The molecule has 0 fully saturated rings. The van der Waals surface area contributed by atoms with Gasteiger partial charge >= 0.3 is 0 Å². The first-order valence-corrected chi connectivity index (χ1v) is 5.91. The Morgan fingerprint density at radius 3 is 1.82 bits per heavy atom. The van der Waals surface area contributed by atoms with E-state index in [0.29, 0.717) is 19.8 Å². The lowest BCUT2D eigenvalue weighted by atomic mass is 10.2. The molecule has 3 nitrogen and oxygen atoms in total. The van der Waals surface area contributed by atoms with Gasteiger partial charge in [0.05, 0.1) is 13.2 Å². The molecule has 0 aliphatic rings. The summed E-state index contributed by atoms with van der Waals surface area (Å²) in [6, 6.07) is 5.82. The molecule has 17 heavy (non-hydrogen) atoms. The molecule has 0 aliphatic carbocycles. The van der Waals surface area contributed by atoms with Crippen molar-refractivity contribution in [2.24, 2.45) is 5.73 Å². The highest BCUT2D eigenvalue weighted by atomic mass is 35.5. The number of hydrogen-bond acceptors (Lipinski definition) is 3. The zero-order valence-corrected chi connectivity index (χ0v) is 11.4. The number of ether oxygens (including phenoxy) is 2. The molecule has 98 valence electrons. The first-order chi connectivity index (χ1) is 7.83. The fraction of sp³-hybridized carbons (Fsp3) is 0.538. The third kappa shape index (κ3) is 4.84. The summed E-state index contributed by atoms with van der Waals surface area (Å²) in [5.74, 6) is 1.69. The molecule has 1 aromatic carbocycles. The van der Waals surface area contributed by atoms with E-state index in [0.717, 1.165) is 29.9 Å². The molecule has 0 saturated carbocycles. The number of benzene rings is 1. The molecule has 1 aromatic rings. The smallest absolute Gasteiger partial charge is 0.127 e. The van der Waals surface area contributed by atoms with E-state index in [1.165, 1.54) is 0 Å². The number of hydrogen-bond donors (Lipinski definition) is 1. The van der Waals surface area contributed by atoms with Gasteiger partial charge in [-0.1, -0.05) is 19.9 Å². The summed E-state index contributed by atoms with van der Waals surface area (Å²) in [5.41, 5.74) is 6.70. The zero-order valence-electron chi connectivity index (χ0n) is 10.6. The van der Waals surface area contributed by atoms with Crippen molar-refractivity contribution in [2.45, 2.75) is 33.2 Å². The average molecular weight is 260 g/mol. The van der Waals surface area contributed by atoms with Crippen molar-refractivity contribution in [3.63, 3.8) is 0 Å². The molecule has 2 N–H and O–H groups in total. The highest BCUT2D eigenvalue weighted by molar-refractivity contribution is 5.85. The summed E-state index contributed by atoms with van der Waals surface area (Å²) in [5, 5.41) is 0. The first-order valence-electron chi connectivity index (χ1n) is 5.91. The predicted molar refractivity (Wildman–Crippen MR) is 73.2 cm³/mol. The lowest BCUT2D eigenvalue weighted by Gasteiger charge is -2.14. The van der Waals surface area contributed by atoms with Crippen molar-refractivity contribution in [1.29, 1.82) is 0 Å². The summed E-state index contributed by atoms with van der Waals surface area (Å²) in [4.78, 5) is 0. The summed E-state index contributed by atoms with van der Waals surface area (Å²) < 4.78 is 11.3. The van der Waals surface area contributed by atoms with Gasteiger partial charge in [0.2, 0.25) is 0 Å². The maximum atomic E-state index is 5.73. The summed E-state index contributed by atoms with van der Waals surface area (Å²) in [7, 11) is 0. The summed E-state index contributed by atoms with van der Waals surface area (Å²) in [6.07, 6.45) is 1.98. The van der Waals surface area contributed by atoms with Crippen LogP contribution in [0.4, 0.5) is 0 Å². The largest absolute Gasteiger partial charge is 0.493 e. The number of halogens is 1. The van der Waals surface area contributed by atoms with Crippen LogP contribution in [-0.4, -0.2) is 13.2 Å². The quantitative estimate of drug-likeness (QED) is 0.818. The molecule has 0 saturated heterocycles. The van der Waals surface area contributed by atoms with Crippen LogP contribution in [-0.2, 0) is 6.54 Å². The minimum absolute atomic E-state index is 0. The van der Waals surface area contributed by atoms with E-state index < -0.39 is 0 Å². The highest BCUT2D eigenvalue weighted by Crippen LogP contribution is 2.28. The van der Waals surface area contributed by atoms with E-state index in [1.807, 2.05) is 18.2 Å². The molecule has 0 unspecified atom stereocenters. The van der Waals surface area contributed by atoms with Gasteiger partial charge in [-0.25, -0.2) is 0 Å². The van der Waals surface area contributed by atoms with Crippen LogP contribution in [0.25, 0.3) is 0 Å². The lowest BCUT2D eigenvalue weighted by molar-refractivity contribution is 0.296. The van der Waals surface area contributed by atoms with Gasteiger partial charge in [0.25, 0.3) is 0 Å². The van der Waals surface area contributed by atoms with Crippen LogP contribution < -0.4 is 15.2 Å². The van der Waals surface area contributed by atoms with Crippen LogP contribution >= 0.6 is 12.4 Å². The lowest BCUT2D eigenvalue weighted by Crippen LogP contribution is -2.07. The Hall–Kier alpha value is -0.930. The van der Waals surface area contributed by atoms with Gasteiger partial charge in [0, 0.05) is 12.1 Å². The van der Waals surface area contributed by atoms with Crippen molar-refractivity contribution in [3.8, 4) is 11.5 Å². The molecule has 0 bridgehead atoms. The van der Waals surface area contributed by atoms with Crippen molar-refractivity contribution < 1.29 is 9.47 Å². The standard InChI is InChI=1S/C13H21NO2.ClH/c1-3-8-15-12-6-5-7-13(11(12)10-14)16-9-4-2;/h5-7H,3-4,8-10,14H2,1-2H3;1H. The van der Waals surface area contributed by atoms with Crippen LogP contribution in [0.15, 0.2) is 18.2 Å². The van der Waals surface area contributed by atoms with E-state index in [-0.39, 0.29) is 12.4 Å². The van der Waals surface area contributed by atoms with Crippen LogP contribution in [0.3, 0.4) is 0 Å². The van der Waals surface area contributed by atoms with Crippen molar-refractivity contribution in [3.05, 3.63) is 23.8 Å². The summed E-state index contributed by atoms with van der Waals surface area (Å²) >= 11 is 0. The third-order valence-corrected chi connectivity index (χ3v) is 2.22. The average Bonchev–Trinajstić information content (AvgIpc) is 2.33. The highest BCUT2D eigenvalue weighted by Gasteiger charge is 2.08. The normalized spacial score (nSPS) is 9.59. The van der Waals surface area contributed by atoms with Gasteiger partial charge in [-0.3, -0.25) is 0 Å². The molecule has 0 aliphatic heterocycles. The molecular weight excluding hydrogens is 238 g/mol. The van der Waals surface area contributed by atoms with E-state index in [1.54, 1.807) is 0 Å². The van der Waals surface area contributed by atoms with Gasteiger partial charge in [0.1, 0.15) is 11.5 Å². The molecule has 0 radical (unpaired) electrons. The third-order valence-electron chi connectivity index (χ3n) is 2.22. The Balaban J connectivity index is 0.00000256. The van der Waals surface area contributed by atoms with Gasteiger partial charge in [0.15, 0.2) is 0 Å². The summed E-state index contributed by atoms with van der Waals surface area (Å²) in [6.45, 7) is 6.03. The van der Waals surface area contributed by atoms with E-state index >= 15 is 0 Å². The van der Waals surface area contributed by atoms with Crippen molar-refractivity contribution in [2.75, 3.05) is 13.2 Å². The molecule has 0 atom stereocenters. The van der Waals surface area contributed by atoms with Crippen molar-refractivity contribution >= 4 is 12.4 Å². The van der Waals surface area contributed by atoms with Crippen LogP contribution in [0.5, 0.6) is 11.5 Å². The SMILES string of the molecule is CCCOc1cccc(OCCC)c1CN.Cl. The molecule has 0 amide bonds. The minimum Gasteiger partial charge on any atom is -0.493 e.